The van der Waals surface area contributed by atoms with Crippen LogP contribution in [-0.4, -0.2) is 36.5 Å². The summed E-state index contributed by atoms with van der Waals surface area (Å²) in [5.74, 6) is 0.929. The lowest BCUT2D eigenvalue weighted by molar-refractivity contribution is 0.0909. The van der Waals surface area contributed by atoms with Crippen molar-refractivity contribution < 1.29 is 9.21 Å². The smallest absolute Gasteiger partial charge is 0.251 e. The van der Waals surface area contributed by atoms with E-state index in [0.29, 0.717) is 11.1 Å². The number of fused-ring (bicyclic) bond motifs is 3. The molecule has 4 rings (SSSR count). The molecule has 5 heteroatoms. The third-order valence-corrected chi connectivity index (χ3v) is 4.69. The van der Waals surface area contributed by atoms with Crippen LogP contribution in [0.3, 0.4) is 0 Å². The van der Waals surface area contributed by atoms with E-state index in [1.54, 1.807) is 18.2 Å². The van der Waals surface area contributed by atoms with Gasteiger partial charge in [-0.1, -0.05) is 6.07 Å². The van der Waals surface area contributed by atoms with E-state index in [4.69, 9.17) is 9.68 Å². The predicted molar refractivity (Wildman–Crippen MR) is 81.3 cm³/mol. The SMILES string of the molecule is N#Cc1cc2ccc(C(=O)NC3CC4CCN(C4)C3)cc2o1. The number of nitrogens with one attached hydrogen (secondary N) is 1. The number of furan rings is 1. The Morgan fingerprint density at radius 2 is 2.27 bits per heavy atom. The van der Waals surface area contributed by atoms with Crippen LogP contribution in [0.2, 0.25) is 0 Å². The molecule has 2 aliphatic heterocycles. The molecule has 3 unspecified atom stereocenters. The number of nitriles is 1. The molecule has 1 aromatic heterocycles. The van der Waals surface area contributed by atoms with Crippen LogP contribution in [0.1, 0.15) is 29.0 Å². The molecule has 2 fully saturated rings. The van der Waals surface area contributed by atoms with Crippen LogP contribution in [0, 0.1) is 17.2 Å². The van der Waals surface area contributed by atoms with E-state index in [1.165, 1.54) is 13.0 Å². The lowest BCUT2D eigenvalue weighted by atomic mass is 9.96. The molecule has 5 nitrogen and oxygen atoms in total. The van der Waals surface area contributed by atoms with Crippen molar-refractivity contribution in [2.45, 2.75) is 18.9 Å². The quantitative estimate of drug-likeness (QED) is 0.921. The molecule has 112 valence electrons. The number of nitrogens with zero attached hydrogens (tertiary/aromatic N) is 2. The number of hydrogen-bond acceptors (Lipinski definition) is 4. The molecule has 2 saturated heterocycles. The first-order chi connectivity index (χ1) is 10.7. The van der Waals surface area contributed by atoms with Crippen LogP contribution in [-0.2, 0) is 0 Å². The fourth-order valence-electron chi connectivity index (χ4n) is 3.66. The molecular formula is C17H17N3O2. The Morgan fingerprint density at radius 1 is 1.36 bits per heavy atom. The van der Waals surface area contributed by atoms with E-state index in [9.17, 15) is 4.79 Å². The van der Waals surface area contributed by atoms with Gasteiger partial charge in [-0.2, -0.15) is 5.26 Å². The Balaban J connectivity index is 1.51. The number of carbonyl (C=O) groups is 1. The molecule has 3 heterocycles. The number of carbonyl (C=O) groups excluding carboxylic acids is 1. The molecule has 22 heavy (non-hydrogen) atoms. The van der Waals surface area contributed by atoms with Gasteiger partial charge >= 0.3 is 0 Å². The van der Waals surface area contributed by atoms with Crippen molar-refractivity contribution in [3.8, 4) is 6.07 Å². The highest BCUT2D eigenvalue weighted by molar-refractivity contribution is 5.97. The van der Waals surface area contributed by atoms with Gasteiger partial charge in [0.15, 0.2) is 0 Å². The van der Waals surface area contributed by atoms with Gasteiger partial charge in [0, 0.05) is 36.1 Å². The lowest BCUT2D eigenvalue weighted by Crippen LogP contribution is -2.47. The largest absolute Gasteiger partial charge is 0.446 e. The van der Waals surface area contributed by atoms with Gasteiger partial charge in [-0.05, 0) is 37.4 Å². The number of hydrogen-bond donors (Lipinski definition) is 1. The second-order valence-electron chi connectivity index (χ2n) is 6.30. The van der Waals surface area contributed by atoms with Crippen molar-refractivity contribution >= 4 is 16.9 Å². The standard InChI is InChI=1S/C17H17N3O2/c18-8-15-6-12-1-2-13(7-16(12)22-15)17(21)19-14-5-11-3-4-20(9-11)10-14/h1-2,6-7,11,14H,3-5,9-10H2,(H,19,21). The van der Waals surface area contributed by atoms with Gasteiger partial charge in [-0.3, -0.25) is 4.79 Å². The van der Waals surface area contributed by atoms with Gasteiger partial charge in [0.2, 0.25) is 5.76 Å². The minimum Gasteiger partial charge on any atom is -0.446 e. The summed E-state index contributed by atoms with van der Waals surface area (Å²) in [6, 6.07) is 9.21. The van der Waals surface area contributed by atoms with E-state index < -0.39 is 0 Å². The number of rotatable bonds is 2. The highest BCUT2D eigenvalue weighted by Crippen LogP contribution is 2.27. The van der Waals surface area contributed by atoms with Crippen LogP contribution in [0.5, 0.6) is 0 Å². The summed E-state index contributed by atoms with van der Waals surface area (Å²) in [6.07, 6.45) is 2.32. The molecule has 1 N–H and O–H groups in total. The molecule has 2 aromatic rings. The molecular weight excluding hydrogens is 278 g/mol. The minimum atomic E-state index is -0.0655. The fourth-order valence-corrected chi connectivity index (χ4v) is 3.66. The van der Waals surface area contributed by atoms with Crippen molar-refractivity contribution in [1.29, 1.82) is 5.26 Å². The Kier molecular flexibility index (Phi) is 3.12. The van der Waals surface area contributed by atoms with Gasteiger partial charge in [-0.15, -0.1) is 0 Å². The number of piperidine rings is 1. The van der Waals surface area contributed by atoms with E-state index in [-0.39, 0.29) is 17.7 Å². The fraction of sp³-hybridized carbons (Fsp3) is 0.412. The molecule has 1 aromatic carbocycles. The monoisotopic (exact) mass is 295 g/mol. The third-order valence-electron chi connectivity index (χ3n) is 4.69. The summed E-state index contributed by atoms with van der Waals surface area (Å²) < 4.78 is 5.39. The topological polar surface area (TPSA) is 69.3 Å². The second kappa shape index (κ2) is 5.15. The average molecular weight is 295 g/mol. The Hall–Kier alpha value is -2.32. The van der Waals surface area contributed by atoms with Crippen molar-refractivity contribution in [3.05, 3.63) is 35.6 Å². The van der Waals surface area contributed by atoms with Gasteiger partial charge in [0.1, 0.15) is 11.7 Å². The molecule has 0 radical (unpaired) electrons. The van der Waals surface area contributed by atoms with Crippen LogP contribution in [0.15, 0.2) is 28.7 Å². The molecule has 2 aliphatic rings. The van der Waals surface area contributed by atoms with Crippen molar-refractivity contribution in [3.63, 3.8) is 0 Å². The van der Waals surface area contributed by atoms with Crippen molar-refractivity contribution in [1.82, 2.24) is 10.2 Å². The first kappa shape index (κ1) is 13.4. The average Bonchev–Trinajstić information content (AvgIpc) is 3.09. The zero-order valence-electron chi connectivity index (χ0n) is 12.2. The van der Waals surface area contributed by atoms with Crippen LogP contribution < -0.4 is 5.32 Å². The van der Waals surface area contributed by atoms with E-state index in [1.807, 2.05) is 12.1 Å². The molecule has 0 aliphatic carbocycles. The third kappa shape index (κ3) is 2.36. The minimum absolute atomic E-state index is 0.0655. The zero-order valence-corrected chi connectivity index (χ0v) is 12.2. The second-order valence-corrected chi connectivity index (χ2v) is 6.30. The van der Waals surface area contributed by atoms with Crippen LogP contribution in [0.25, 0.3) is 11.0 Å². The first-order valence-corrected chi connectivity index (χ1v) is 7.68. The normalized spacial score (nSPS) is 26.8. The summed E-state index contributed by atoms with van der Waals surface area (Å²) in [4.78, 5) is 14.9. The number of benzene rings is 1. The van der Waals surface area contributed by atoms with Gasteiger partial charge in [0.25, 0.3) is 5.91 Å². The molecule has 2 bridgehead atoms. The van der Waals surface area contributed by atoms with Gasteiger partial charge in [-0.25, -0.2) is 0 Å². The molecule has 0 spiro atoms. The first-order valence-electron chi connectivity index (χ1n) is 7.68. The van der Waals surface area contributed by atoms with Gasteiger partial charge in [0.05, 0.1) is 0 Å². The Bertz CT molecular complexity index is 762. The zero-order chi connectivity index (χ0) is 15.1. The van der Waals surface area contributed by atoms with E-state index in [2.05, 4.69) is 10.2 Å². The van der Waals surface area contributed by atoms with Crippen LogP contribution in [0.4, 0.5) is 0 Å². The maximum atomic E-state index is 12.4. The molecule has 3 atom stereocenters. The summed E-state index contributed by atoms with van der Waals surface area (Å²) in [5.41, 5.74) is 1.16. The summed E-state index contributed by atoms with van der Waals surface area (Å²) in [5, 5.41) is 12.8. The molecule has 0 saturated carbocycles. The summed E-state index contributed by atoms with van der Waals surface area (Å²) in [7, 11) is 0. The Morgan fingerprint density at radius 3 is 3.09 bits per heavy atom. The van der Waals surface area contributed by atoms with E-state index in [0.717, 1.165) is 30.8 Å². The lowest BCUT2D eigenvalue weighted by Gasteiger charge is -2.30. The molecule has 1 amide bonds. The number of amides is 1. The maximum absolute atomic E-state index is 12.4. The van der Waals surface area contributed by atoms with Crippen LogP contribution >= 0.6 is 0 Å². The summed E-state index contributed by atoms with van der Waals surface area (Å²) >= 11 is 0. The Labute approximate surface area is 128 Å². The van der Waals surface area contributed by atoms with E-state index >= 15 is 0 Å². The maximum Gasteiger partial charge on any atom is 0.251 e. The van der Waals surface area contributed by atoms with Gasteiger partial charge < -0.3 is 14.6 Å². The van der Waals surface area contributed by atoms with Crippen molar-refractivity contribution in [2.75, 3.05) is 19.6 Å². The van der Waals surface area contributed by atoms with Crippen molar-refractivity contribution in [2.24, 2.45) is 5.92 Å². The highest BCUT2D eigenvalue weighted by Gasteiger charge is 2.32. The summed E-state index contributed by atoms with van der Waals surface area (Å²) in [6.45, 7) is 3.29. The predicted octanol–water partition coefficient (Wildman–Crippen LogP) is 2.13. The highest BCUT2D eigenvalue weighted by atomic mass is 16.3.